The number of hydrogen-bond acceptors (Lipinski definition) is 3. The largest absolute Gasteiger partial charge is 0.208 e. The molecule has 6 heteroatoms. The zero-order chi connectivity index (χ0) is 18.8. The van der Waals surface area contributed by atoms with Gasteiger partial charge in [0.1, 0.15) is 0 Å². The lowest BCUT2D eigenvalue weighted by Gasteiger charge is -2.09. The molecule has 0 fully saturated rings. The molecule has 3 aromatic carbocycles. The van der Waals surface area contributed by atoms with Gasteiger partial charge in [-0.15, -0.1) is 0 Å². The maximum atomic E-state index is 6.02. The SMILES string of the molecule is Clc1ccc(-c2nc(-c3ccc(Br)cc3)nc(-c3cccc(Br)c3)n2)cc1. The van der Waals surface area contributed by atoms with Gasteiger partial charge in [0.2, 0.25) is 0 Å². The summed E-state index contributed by atoms with van der Waals surface area (Å²) in [5.41, 5.74) is 2.73. The highest BCUT2D eigenvalue weighted by Gasteiger charge is 2.12. The van der Waals surface area contributed by atoms with Gasteiger partial charge in [0.05, 0.1) is 0 Å². The average molecular weight is 502 g/mol. The van der Waals surface area contributed by atoms with E-state index in [4.69, 9.17) is 21.6 Å². The summed E-state index contributed by atoms with van der Waals surface area (Å²) < 4.78 is 1.98. The fourth-order valence-corrected chi connectivity index (χ4v) is 3.38. The van der Waals surface area contributed by atoms with Crippen LogP contribution in [0.15, 0.2) is 81.7 Å². The minimum atomic E-state index is 0.606. The minimum absolute atomic E-state index is 0.606. The van der Waals surface area contributed by atoms with Crippen LogP contribution in [-0.2, 0) is 0 Å². The lowest BCUT2D eigenvalue weighted by molar-refractivity contribution is 1.07. The van der Waals surface area contributed by atoms with Gasteiger partial charge in [-0.2, -0.15) is 0 Å². The van der Waals surface area contributed by atoms with Gasteiger partial charge in [-0.25, -0.2) is 15.0 Å². The molecule has 0 saturated heterocycles. The normalized spacial score (nSPS) is 10.8. The highest BCUT2D eigenvalue weighted by atomic mass is 79.9. The zero-order valence-corrected chi connectivity index (χ0v) is 17.8. The molecular weight excluding hydrogens is 490 g/mol. The molecule has 0 aliphatic rings. The summed E-state index contributed by atoms with van der Waals surface area (Å²) in [6, 6.07) is 23.3. The van der Waals surface area contributed by atoms with Crippen LogP contribution in [-0.4, -0.2) is 15.0 Å². The first kappa shape index (κ1) is 18.3. The van der Waals surface area contributed by atoms with E-state index in [1.165, 1.54) is 0 Å². The van der Waals surface area contributed by atoms with Crippen LogP contribution >= 0.6 is 43.5 Å². The van der Waals surface area contributed by atoms with Crippen LogP contribution in [0.25, 0.3) is 34.2 Å². The number of benzene rings is 3. The quantitative estimate of drug-likeness (QED) is 0.302. The van der Waals surface area contributed by atoms with Crippen LogP contribution in [0.1, 0.15) is 0 Å². The van der Waals surface area contributed by atoms with Gasteiger partial charge in [0.25, 0.3) is 0 Å². The second kappa shape index (κ2) is 7.89. The van der Waals surface area contributed by atoms with E-state index in [1.54, 1.807) is 0 Å². The molecule has 4 aromatic rings. The fourth-order valence-electron chi connectivity index (χ4n) is 2.59. The number of rotatable bonds is 3. The third kappa shape index (κ3) is 4.26. The first-order valence-electron chi connectivity index (χ1n) is 8.12. The Bertz CT molecular complexity index is 1030. The summed E-state index contributed by atoms with van der Waals surface area (Å²) >= 11 is 13.0. The Morgan fingerprint density at radius 2 is 1.07 bits per heavy atom. The van der Waals surface area contributed by atoms with Crippen LogP contribution in [0, 0.1) is 0 Å². The standard InChI is InChI=1S/C21H12Br2ClN3/c22-16-8-4-13(5-9-16)19-25-20(14-6-10-18(24)11-7-14)27-21(26-19)15-2-1-3-17(23)12-15/h1-12H. The zero-order valence-electron chi connectivity index (χ0n) is 13.9. The summed E-state index contributed by atoms with van der Waals surface area (Å²) in [5, 5.41) is 0.674. The highest BCUT2D eigenvalue weighted by molar-refractivity contribution is 9.10. The summed E-state index contributed by atoms with van der Waals surface area (Å²) in [4.78, 5) is 14.1. The Balaban J connectivity index is 1.90. The van der Waals surface area contributed by atoms with Gasteiger partial charge < -0.3 is 0 Å². The molecular formula is C21H12Br2ClN3. The van der Waals surface area contributed by atoms with Crippen LogP contribution in [0.2, 0.25) is 5.02 Å². The molecule has 0 saturated carbocycles. The minimum Gasteiger partial charge on any atom is -0.208 e. The number of nitrogens with zero attached hydrogens (tertiary/aromatic N) is 3. The van der Waals surface area contributed by atoms with E-state index in [1.807, 2.05) is 72.8 Å². The third-order valence-corrected chi connectivity index (χ3v) is 5.20. The third-order valence-electron chi connectivity index (χ3n) is 3.92. The molecule has 0 bridgehead atoms. The second-order valence-corrected chi connectivity index (χ2v) is 8.10. The number of hydrogen-bond donors (Lipinski definition) is 0. The van der Waals surface area contributed by atoms with E-state index < -0.39 is 0 Å². The smallest absolute Gasteiger partial charge is 0.164 e. The average Bonchev–Trinajstić information content (AvgIpc) is 2.69. The predicted octanol–water partition coefficient (Wildman–Crippen LogP) is 7.05. The van der Waals surface area contributed by atoms with E-state index in [2.05, 4.69) is 36.8 Å². The first-order valence-corrected chi connectivity index (χ1v) is 10.1. The van der Waals surface area contributed by atoms with Crippen LogP contribution in [0.5, 0.6) is 0 Å². The molecule has 0 aliphatic carbocycles. The summed E-state index contributed by atoms with van der Waals surface area (Å²) in [6.45, 7) is 0. The molecule has 0 atom stereocenters. The van der Waals surface area contributed by atoms with E-state index in [0.29, 0.717) is 22.5 Å². The van der Waals surface area contributed by atoms with Crippen LogP contribution in [0.3, 0.4) is 0 Å². The Morgan fingerprint density at radius 1 is 0.556 bits per heavy atom. The van der Waals surface area contributed by atoms with Gasteiger partial charge >= 0.3 is 0 Å². The van der Waals surface area contributed by atoms with Crippen LogP contribution < -0.4 is 0 Å². The van der Waals surface area contributed by atoms with Crippen molar-refractivity contribution in [3.05, 3.63) is 86.8 Å². The maximum absolute atomic E-state index is 6.02. The lowest BCUT2D eigenvalue weighted by Crippen LogP contribution is -2.00. The monoisotopic (exact) mass is 499 g/mol. The fraction of sp³-hybridized carbons (Fsp3) is 0. The topological polar surface area (TPSA) is 38.7 Å². The molecule has 4 rings (SSSR count). The highest BCUT2D eigenvalue weighted by Crippen LogP contribution is 2.27. The van der Waals surface area contributed by atoms with Gasteiger partial charge in [-0.1, -0.05) is 67.7 Å². The molecule has 1 aromatic heterocycles. The van der Waals surface area contributed by atoms with Gasteiger partial charge in [-0.05, 0) is 48.5 Å². The Kier molecular flexibility index (Phi) is 5.34. The van der Waals surface area contributed by atoms with E-state index in [0.717, 1.165) is 25.6 Å². The predicted molar refractivity (Wildman–Crippen MR) is 117 cm³/mol. The number of halogens is 3. The molecule has 3 nitrogen and oxygen atoms in total. The van der Waals surface area contributed by atoms with Crippen molar-refractivity contribution in [1.82, 2.24) is 15.0 Å². The molecule has 27 heavy (non-hydrogen) atoms. The molecule has 0 radical (unpaired) electrons. The molecule has 1 heterocycles. The van der Waals surface area contributed by atoms with E-state index in [-0.39, 0.29) is 0 Å². The maximum Gasteiger partial charge on any atom is 0.164 e. The van der Waals surface area contributed by atoms with Crippen molar-refractivity contribution in [3.8, 4) is 34.2 Å². The molecule has 0 spiro atoms. The second-order valence-electron chi connectivity index (χ2n) is 5.83. The first-order chi connectivity index (χ1) is 13.1. The van der Waals surface area contributed by atoms with Crippen molar-refractivity contribution in [2.24, 2.45) is 0 Å². The molecule has 0 aliphatic heterocycles. The summed E-state index contributed by atoms with van der Waals surface area (Å²) in [7, 11) is 0. The van der Waals surface area contributed by atoms with E-state index in [9.17, 15) is 0 Å². The molecule has 0 N–H and O–H groups in total. The van der Waals surface area contributed by atoms with E-state index >= 15 is 0 Å². The summed E-state index contributed by atoms with van der Waals surface area (Å²) in [5.74, 6) is 1.85. The van der Waals surface area contributed by atoms with Crippen molar-refractivity contribution < 1.29 is 0 Å². The van der Waals surface area contributed by atoms with Crippen molar-refractivity contribution in [2.45, 2.75) is 0 Å². The van der Waals surface area contributed by atoms with Crippen molar-refractivity contribution >= 4 is 43.5 Å². The Morgan fingerprint density at radius 3 is 1.63 bits per heavy atom. The van der Waals surface area contributed by atoms with Crippen LogP contribution in [0.4, 0.5) is 0 Å². The summed E-state index contributed by atoms with van der Waals surface area (Å²) in [6.07, 6.45) is 0. The van der Waals surface area contributed by atoms with Gasteiger partial charge in [0.15, 0.2) is 17.5 Å². The molecule has 0 amide bonds. The van der Waals surface area contributed by atoms with Gasteiger partial charge in [-0.3, -0.25) is 0 Å². The lowest BCUT2D eigenvalue weighted by atomic mass is 10.1. The van der Waals surface area contributed by atoms with Crippen molar-refractivity contribution in [2.75, 3.05) is 0 Å². The van der Waals surface area contributed by atoms with Crippen molar-refractivity contribution in [1.29, 1.82) is 0 Å². The Labute approximate surface area is 178 Å². The molecule has 0 unspecified atom stereocenters. The molecule has 132 valence electrons. The Hall–Kier alpha value is -2.08. The van der Waals surface area contributed by atoms with Gasteiger partial charge in [0, 0.05) is 30.7 Å². The van der Waals surface area contributed by atoms with Crippen molar-refractivity contribution in [3.63, 3.8) is 0 Å². The number of aromatic nitrogens is 3.